The summed E-state index contributed by atoms with van der Waals surface area (Å²) in [7, 11) is 0. The van der Waals surface area contributed by atoms with Crippen LogP contribution in [-0.2, 0) is 5.41 Å². The largest absolute Gasteiger partial charge is 0.310 e. The van der Waals surface area contributed by atoms with Crippen molar-refractivity contribution in [3.63, 3.8) is 0 Å². The maximum absolute atomic E-state index is 2.50. The zero-order valence-electron chi connectivity index (χ0n) is 37.8. The quantitative estimate of drug-likeness (QED) is 0.170. The van der Waals surface area contributed by atoms with Crippen LogP contribution in [0.25, 0.3) is 66.8 Å². The molecular formula is C67H44N2. The predicted molar refractivity (Wildman–Crippen MR) is 287 cm³/mol. The van der Waals surface area contributed by atoms with Crippen molar-refractivity contribution in [1.29, 1.82) is 0 Å². The van der Waals surface area contributed by atoms with E-state index in [0.29, 0.717) is 0 Å². The molecule has 0 radical (unpaired) electrons. The molecule has 2 aliphatic carbocycles. The highest BCUT2D eigenvalue weighted by atomic mass is 15.2. The monoisotopic (exact) mass is 876 g/mol. The number of anilines is 6. The summed E-state index contributed by atoms with van der Waals surface area (Å²) in [6.07, 6.45) is 0. The maximum atomic E-state index is 2.50. The van der Waals surface area contributed by atoms with Crippen molar-refractivity contribution in [3.05, 3.63) is 289 Å². The van der Waals surface area contributed by atoms with Crippen LogP contribution in [0.5, 0.6) is 0 Å². The zero-order chi connectivity index (χ0) is 45.5. The molecule has 0 unspecified atom stereocenters. The molecule has 322 valence electrons. The standard InChI is InChI=1S/C67H44N2/c1-3-21-45(22-4-1)49-25-12-18-36-64(49)68(47-39-41-52-56-31-13-19-37-65(56)69(46-23-5-2-6-24-46)66-38-20-14-32-57(66)58(52)43-47)48-40-42-63-59(44-48)51-27-8-7-26-50(51)53-28-9-15-33-60(53)67(63)61-34-16-10-29-54(61)55-30-11-17-35-62(55)67/h1-44H. The van der Waals surface area contributed by atoms with Crippen LogP contribution in [-0.4, -0.2) is 0 Å². The lowest BCUT2D eigenvalue weighted by molar-refractivity contribution is 0.775. The molecule has 0 N–H and O–H groups in total. The van der Waals surface area contributed by atoms with Gasteiger partial charge in [0, 0.05) is 33.8 Å². The third-order valence-corrected chi connectivity index (χ3v) is 14.8. The number of para-hydroxylation sites is 4. The summed E-state index contributed by atoms with van der Waals surface area (Å²) in [5, 5.41) is 0. The van der Waals surface area contributed by atoms with Gasteiger partial charge in [0.25, 0.3) is 0 Å². The third kappa shape index (κ3) is 5.79. The Hall–Kier alpha value is -8.98. The first-order chi connectivity index (χ1) is 34.3. The van der Waals surface area contributed by atoms with E-state index in [9.17, 15) is 0 Å². The number of rotatable bonds is 5. The molecule has 11 aromatic rings. The number of nitrogens with zero attached hydrogens (tertiary/aromatic N) is 2. The van der Waals surface area contributed by atoms with E-state index in [-0.39, 0.29) is 0 Å². The molecule has 3 aliphatic rings. The highest BCUT2D eigenvalue weighted by Gasteiger charge is 2.49. The fourth-order valence-corrected chi connectivity index (χ4v) is 12.0. The molecule has 11 aromatic carbocycles. The van der Waals surface area contributed by atoms with E-state index < -0.39 is 5.41 Å². The second kappa shape index (κ2) is 15.6. The van der Waals surface area contributed by atoms with Gasteiger partial charge in [0.2, 0.25) is 0 Å². The Labute approximate surface area is 403 Å². The van der Waals surface area contributed by atoms with Crippen LogP contribution in [0, 0.1) is 0 Å². The van der Waals surface area contributed by atoms with E-state index in [1.807, 2.05) is 0 Å². The van der Waals surface area contributed by atoms with Crippen LogP contribution in [0.1, 0.15) is 22.3 Å². The van der Waals surface area contributed by atoms with Gasteiger partial charge in [-0.05, 0) is 127 Å². The summed E-state index contributed by atoms with van der Waals surface area (Å²) in [4.78, 5) is 4.92. The second-order valence-electron chi connectivity index (χ2n) is 18.3. The Morgan fingerprint density at radius 2 is 0.652 bits per heavy atom. The molecule has 0 amide bonds. The van der Waals surface area contributed by atoms with Crippen molar-refractivity contribution in [3.8, 4) is 66.8 Å². The van der Waals surface area contributed by atoms with Gasteiger partial charge in [-0.15, -0.1) is 0 Å². The molecule has 1 heterocycles. The summed E-state index contributed by atoms with van der Waals surface area (Å²) in [6.45, 7) is 0. The Morgan fingerprint density at radius 1 is 0.261 bits per heavy atom. The van der Waals surface area contributed by atoms with Crippen LogP contribution in [0.2, 0.25) is 0 Å². The molecule has 0 aromatic heterocycles. The minimum atomic E-state index is -0.560. The lowest BCUT2D eigenvalue weighted by atomic mass is 9.66. The van der Waals surface area contributed by atoms with E-state index in [2.05, 4.69) is 277 Å². The van der Waals surface area contributed by atoms with Crippen molar-refractivity contribution in [2.45, 2.75) is 5.41 Å². The zero-order valence-corrected chi connectivity index (χ0v) is 37.8. The topological polar surface area (TPSA) is 6.48 Å². The van der Waals surface area contributed by atoms with Crippen molar-refractivity contribution >= 4 is 34.1 Å². The minimum Gasteiger partial charge on any atom is -0.310 e. The van der Waals surface area contributed by atoms with Crippen molar-refractivity contribution in [2.75, 3.05) is 9.80 Å². The first-order valence-electron chi connectivity index (χ1n) is 23.9. The molecular weight excluding hydrogens is 833 g/mol. The van der Waals surface area contributed by atoms with Crippen LogP contribution < -0.4 is 9.80 Å². The fraction of sp³-hybridized carbons (Fsp3) is 0.0149. The summed E-state index contributed by atoms with van der Waals surface area (Å²) in [5.41, 5.74) is 26.0. The van der Waals surface area contributed by atoms with Crippen LogP contribution in [0.3, 0.4) is 0 Å². The molecule has 2 nitrogen and oxygen atoms in total. The predicted octanol–water partition coefficient (Wildman–Crippen LogP) is 18.0. The Morgan fingerprint density at radius 3 is 1.26 bits per heavy atom. The van der Waals surface area contributed by atoms with E-state index in [1.54, 1.807) is 0 Å². The van der Waals surface area contributed by atoms with Crippen molar-refractivity contribution in [2.24, 2.45) is 0 Å². The summed E-state index contributed by atoms with van der Waals surface area (Å²) in [6, 6.07) is 99.0. The van der Waals surface area contributed by atoms with Gasteiger partial charge in [-0.2, -0.15) is 0 Å². The van der Waals surface area contributed by atoms with Crippen molar-refractivity contribution in [1.82, 2.24) is 0 Å². The highest BCUT2D eigenvalue weighted by molar-refractivity contribution is 6.05. The molecule has 69 heavy (non-hydrogen) atoms. The van der Waals surface area contributed by atoms with Gasteiger partial charge in [-0.1, -0.05) is 212 Å². The first kappa shape index (κ1) is 39.2. The fourth-order valence-electron chi connectivity index (χ4n) is 12.0. The molecule has 1 aliphatic heterocycles. The summed E-state index contributed by atoms with van der Waals surface area (Å²) >= 11 is 0. The second-order valence-corrected chi connectivity index (χ2v) is 18.3. The Bertz CT molecular complexity index is 3770. The molecule has 0 atom stereocenters. The summed E-state index contributed by atoms with van der Waals surface area (Å²) in [5.74, 6) is 0. The molecule has 0 fully saturated rings. The lowest BCUT2D eigenvalue weighted by Gasteiger charge is -2.36. The molecule has 1 spiro atoms. The van der Waals surface area contributed by atoms with Crippen molar-refractivity contribution < 1.29 is 0 Å². The lowest BCUT2D eigenvalue weighted by Crippen LogP contribution is -2.29. The molecule has 0 bridgehead atoms. The SMILES string of the molecule is c1ccc(-c2ccccc2N(c2ccc3c(c2)-c2ccccc2N(c2ccccc2)c2ccccc2-3)c2ccc3c(c2)-c2ccccc2-c2ccccc2C32c3ccccc3-c3ccccc32)cc1. The molecule has 14 rings (SSSR count). The smallest absolute Gasteiger partial charge is 0.0725 e. The number of fused-ring (bicyclic) bond motifs is 17. The molecule has 0 saturated carbocycles. The van der Waals surface area contributed by atoms with Gasteiger partial charge < -0.3 is 9.80 Å². The van der Waals surface area contributed by atoms with Gasteiger partial charge in [0.1, 0.15) is 0 Å². The average molecular weight is 877 g/mol. The van der Waals surface area contributed by atoms with E-state index >= 15 is 0 Å². The van der Waals surface area contributed by atoms with Gasteiger partial charge in [0.05, 0.1) is 22.5 Å². The minimum absolute atomic E-state index is 0.560. The van der Waals surface area contributed by atoms with Gasteiger partial charge in [-0.25, -0.2) is 0 Å². The van der Waals surface area contributed by atoms with Crippen LogP contribution in [0.4, 0.5) is 34.1 Å². The number of benzene rings is 11. The third-order valence-electron chi connectivity index (χ3n) is 14.8. The van der Waals surface area contributed by atoms with Gasteiger partial charge in [0.15, 0.2) is 0 Å². The Kier molecular flexibility index (Phi) is 8.84. The van der Waals surface area contributed by atoms with Crippen LogP contribution >= 0.6 is 0 Å². The highest BCUT2D eigenvalue weighted by Crippen LogP contribution is 2.62. The number of hydrogen-bond acceptors (Lipinski definition) is 2. The van der Waals surface area contributed by atoms with Gasteiger partial charge >= 0.3 is 0 Å². The summed E-state index contributed by atoms with van der Waals surface area (Å²) < 4.78 is 0. The van der Waals surface area contributed by atoms with E-state index in [4.69, 9.17) is 0 Å². The molecule has 0 saturated heterocycles. The van der Waals surface area contributed by atoms with E-state index in [1.165, 1.54) is 83.5 Å². The van der Waals surface area contributed by atoms with Gasteiger partial charge in [-0.3, -0.25) is 0 Å². The normalized spacial score (nSPS) is 13.0. The van der Waals surface area contributed by atoms with Crippen LogP contribution in [0.15, 0.2) is 267 Å². The maximum Gasteiger partial charge on any atom is 0.0725 e. The van der Waals surface area contributed by atoms with E-state index in [0.717, 1.165) is 39.7 Å². The average Bonchev–Trinajstić information content (AvgIpc) is 3.59. The molecule has 2 heteroatoms. The number of hydrogen-bond donors (Lipinski definition) is 0. The Balaban J connectivity index is 1.06. The first-order valence-corrected chi connectivity index (χ1v) is 23.9.